The van der Waals surface area contributed by atoms with Crippen LogP contribution in [0.1, 0.15) is 24.1 Å². The van der Waals surface area contributed by atoms with Crippen molar-refractivity contribution >= 4 is 11.8 Å². The molecule has 1 aromatic carbocycles. The number of hydrogen-bond donors (Lipinski definition) is 0. The molecule has 5 heteroatoms. The van der Waals surface area contributed by atoms with Crippen LogP contribution in [0.5, 0.6) is 0 Å². The molecule has 27 heavy (non-hydrogen) atoms. The predicted molar refractivity (Wildman–Crippen MR) is 106 cm³/mol. The van der Waals surface area contributed by atoms with E-state index >= 15 is 0 Å². The lowest BCUT2D eigenvalue weighted by Gasteiger charge is -2.27. The minimum Gasteiger partial charge on any atom is -0.353 e. The molecule has 1 fully saturated rings. The van der Waals surface area contributed by atoms with E-state index in [1.165, 1.54) is 0 Å². The van der Waals surface area contributed by atoms with Crippen LogP contribution in [-0.2, 0) is 29.7 Å². The van der Waals surface area contributed by atoms with Gasteiger partial charge >= 0.3 is 0 Å². The molecule has 5 nitrogen and oxygen atoms in total. The van der Waals surface area contributed by atoms with Gasteiger partial charge in [0.25, 0.3) is 0 Å². The van der Waals surface area contributed by atoms with Gasteiger partial charge in [0.05, 0.1) is 6.54 Å². The molecular weight excluding hydrogens is 338 g/mol. The van der Waals surface area contributed by atoms with Crippen molar-refractivity contribution in [3.8, 4) is 0 Å². The number of hydrogen-bond acceptors (Lipinski definition) is 2. The van der Waals surface area contributed by atoms with Crippen LogP contribution in [0.15, 0.2) is 61.3 Å². The molecule has 0 saturated heterocycles. The average Bonchev–Trinajstić information content (AvgIpc) is 3.44. The largest absolute Gasteiger partial charge is 0.353 e. The third-order valence-corrected chi connectivity index (χ3v) is 4.89. The van der Waals surface area contributed by atoms with E-state index < -0.39 is 0 Å². The molecule has 2 aromatic rings. The Bertz CT molecular complexity index is 793. The van der Waals surface area contributed by atoms with Crippen LogP contribution in [-0.4, -0.2) is 39.3 Å². The Hall–Kier alpha value is -2.82. The second-order valence-electron chi connectivity index (χ2n) is 7.13. The van der Waals surface area contributed by atoms with Crippen LogP contribution in [0.4, 0.5) is 0 Å². The van der Waals surface area contributed by atoms with Crippen LogP contribution >= 0.6 is 0 Å². The zero-order chi connectivity index (χ0) is 19.2. The van der Waals surface area contributed by atoms with Crippen molar-refractivity contribution in [1.29, 1.82) is 0 Å². The van der Waals surface area contributed by atoms with Gasteiger partial charge in [-0.2, -0.15) is 0 Å². The number of benzene rings is 1. The lowest BCUT2D eigenvalue weighted by molar-refractivity contribution is -0.141. The zero-order valence-electron chi connectivity index (χ0n) is 15.9. The highest BCUT2D eigenvalue weighted by atomic mass is 16.2. The summed E-state index contributed by atoms with van der Waals surface area (Å²) in [4.78, 5) is 29.0. The van der Waals surface area contributed by atoms with Crippen LogP contribution in [0.3, 0.4) is 0 Å². The van der Waals surface area contributed by atoms with E-state index in [1.807, 2.05) is 65.2 Å². The van der Waals surface area contributed by atoms with E-state index in [0.29, 0.717) is 19.6 Å². The maximum absolute atomic E-state index is 13.1. The van der Waals surface area contributed by atoms with Gasteiger partial charge in [0.1, 0.15) is 6.54 Å². The van der Waals surface area contributed by atoms with Crippen molar-refractivity contribution in [3.63, 3.8) is 0 Å². The second-order valence-corrected chi connectivity index (χ2v) is 7.13. The van der Waals surface area contributed by atoms with Crippen molar-refractivity contribution in [3.05, 3.63) is 72.6 Å². The summed E-state index contributed by atoms with van der Waals surface area (Å²) in [6.45, 7) is 5.26. The minimum atomic E-state index is -0.0455. The lowest BCUT2D eigenvalue weighted by Crippen LogP contribution is -2.43. The maximum Gasteiger partial charge on any atom is 0.242 e. The number of aromatic nitrogens is 1. The number of amides is 2. The fourth-order valence-corrected chi connectivity index (χ4v) is 3.13. The Morgan fingerprint density at radius 1 is 1.11 bits per heavy atom. The standard InChI is InChI=1S/C22H27N3O2/c1-3-13-24(22(27)19-11-12-19)17-21(26)25(15-18-8-5-4-6-9-18)16-20-10-7-14-23(20)2/h3-10,14,19H,1,11-13,15-17H2,2H3. The first-order chi connectivity index (χ1) is 13.1. The highest BCUT2D eigenvalue weighted by molar-refractivity contribution is 5.87. The third-order valence-electron chi connectivity index (χ3n) is 4.89. The molecule has 1 saturated carbocycles. The fraction of sp³-hybridized carbons (Fsp3) is 0.364. The van der Waals surface area contributed by atoms with Gasteiger partial charge < -0.3 is 14.4 Å². The maximum atomic E-state index is 13.1. The van der Waals surface area contributed by atoms with Gasteiger partial charge in [-0.25, -0.2) is 0 Å². The first kappa shape index (κ1) is 19.0. The Balaban J connectivity index is 1.75. The number of carbonyl (C=O) groups is 2. The summed E-state index contributed by atoms with van der Waals surface area (Å²) in [5, 5.41) is 0. The number of carbonyl (C=O) groups excluding carboxylic acids is 2. The van der Waals surface area contributed by atoms with E-state index in [-0.39, 0.29) is 24.3 Å². The normalized spacial score (nSPS) is 13.2. The van der Waals surface area contributed by atoms with Crippen LogP contribution < -0.4 is 0 Å². The monoisotopic (exact) mass is 365 g/mol. The minimum absolute atomic E-state index is 0.0455. The van der Waals surface area contributed by atoms with Gasteiger partial charge in [-0.3, -0.25) is 9.59 Å². The van der Waals surface area contributed by atoms with E-state index in [2.05, 4.69) is 6.58 Å². The Morgan fingerprint density at radius 2 is 1.85 bits per heavy atom. The topological polar surface area (TPSA) is 45.6 Å². The molecule has 3 rings (SSSR count). The summed E-state index contributed by atoms with van der Waals surface area (Å²) in [5.74, 6) is 0.117. The molecule has 1 aliphatic rings. The summed E-state index contributed by atoms with van der Waals surface area (Å²) in [7, 11) is 1.97. The molecule has 0 unspecified atom stereocenters. The Morgan fingerprint density at radius 3 is 2.44 bits per heavy atom. The van der Waals surface area contributed by atoms with Gasteiger partial charge in [0.15, 0.2) is 0 Å². The summed E-state index contributed by atoms with van der Waals surface area (Å²) < 4.78 is 2.02. The van der Waals surface area contributed by atoms with Gasteiger partial charge in [-0.15, -0.1) is 6.58 Å². The van der Waals surface area contributed by atoms with E-state index in [4.69, 9.17) is 0 Å². The highest BCUT2D eigenvalue weighted by Crippen LogP contribution is 2.31. The average molecular weight is 365 g/mol. The van der Waals surface area contributed by atoms with Gasteiger partial charge in [0, 0.05) is 37.9 Å². The first-order valence-electron chi connectivity index (χ1n) is 9.40. The summed E-state index contributed by atoms with van der Waals surface area (Å²) in [6.07, 6.45) is 5.52. The molecule has 142 valence electrons. The van der Waals surface area contributed by atoms with E-state index in [1.54, 1.807) is 11.0 Å². The van der Waals surface area contributed by atoms with Gasteiger partial charge in [-0.1, -0.05) is 36.4 Å². The van der Waals surface area contributed by atoms with Crippen LogP contribution in [0.2, 0.25) is 0 Å². The Labute approximate surface area is 160 Å². The summed E-state index contributed by atoms with van der Waals surface area (Å²) >= 11 is 0. The zero-order valence-corrected chi connectivity index (χ0v) is 15.9. The lowest BCUT2D eigenvalue weighted by atomic mass is 10.2. The molecule has 1 aliphatic carbocycles. The van der Waals surface area contributed by atoms with Crippen LogP contribution in [0.25, 0.3) is 0 Å². The smallest absolute Gasteiger partial charge is 0.242 e. The first-order valence-corrected chi connectivity index (χ1v) is 9.40. The van der Waals surface area contributed by atoms with Crippen molar-refractivity contribution in [1.82, 2.24) is 14.4 Å². The second kappa shape index (κ2) is 8.71. The molecular formula is C22H27N3O2. The fourth-order valence-electron chi connectivity index (χ4n) is 3.13. The quantitative estimate of drug-likeness (QED) is 0.642. The summed E-state index contributed by atoms with van der Waals surface area (Å²) in [6, 6.07) is 13.9. The van der Waals surface area contributed by atoms with Crippen molar-refractivity contribution in [2.45, 2.75) is 25.9 Å². The predicted octanol–water partition coefficient (Wildman–Crippen LogP) is 2.98. The van der Waals surface area contributed by atoms with Gasteiger partial charge in [0.2, 0.25) is 11.8 Å². The highest BCUT2D eigenvalue weighted by Gasteiger charge is 2.34. The molecule has 1 aromatic heterocycles. The van der Waals surface area contributed by atoms with Crippen molar-refractivity contribution in [2.75, 3.05) is 13.1 Å². The number of rotatable bonds is 9. The third kappa shape index (κ3) is 5.09. The molecule has 0 radical (unpaired) electrons. The number of aryl methyl sites for hydroxylation is 1. The number of nitrogens with zero attached hydrogens (tertiary/aromatic N) is 3. The van der Waals surface area contributed by atoms with Crippen molar-refractivity contribution < 1.29 is 9.59 Å². The molecule has 2 amide bonds. The van der Waals surface area contributed by atoms with Crippen LogP contribution in [0, 0.1) is 5.92 Å². The molecule has 0 aliphatic heterocycles. The SMILES string of the molecule is C=CCN(CC(=O)N(Cc1ccccc1)Cc1cccn1C)C(=O)C1CC1. The van der Waals surface area contributed by atoms with Gasteiger partial charge in [-0.05, 0) is 30.5 Å². The van der Waals surface area contributed by atoms with E-state index in [9.17, 15) is 9.59 Å². The molecule has 0 N–H and O–H groups in total. The molecule has 1 heterocycles. The Kier molecular flexibility index (Phi) is 6.12. The van der Waals surface area contributed by atoms with E-state index in [0.717, 1.165) is 24.1 Å². The molecule has 0 spiro atoms. The molecule has 0 bridgehead atoms. The molecule has 0 atom stereocenters. The summed E-state index contributed by atoms with van der Waals surface area (Å²) in [5.41, 5.74) is 2.13. The van der Waals surface area contributed by atoms with Crippen molar-refractivity contribution in [2.24, 2.45) is 13.0 Å².